The van der Waals surface area contributed by atoms with Crippen LogP contribution in [0.4, 0.5) is 5.69 Å². The minimum Gasteiger partial charge on any atom is -0.377 e. The van der Waals surface area contributed by atoms with Gasteiger partial charge in [0.1, 0.15) is 5.69 Å². The second-order valence-electron chi connectivity index (χ2n) is 3.09. The molecule has 0 unspecified atom stereocenters. The molecule has 2 rings (SSSR count). The number of pyridine rings is 1. The van der Waals surface area contributed by atoms with Gasteiger partial charge < -0.3 is 5.32 Å². The van der Waals surface area contributed by atoms with Crippen LogP contribution in [0.25, 0.3) is 0 Å². The SMILES string of the molecule is Cn1cc(CNc2cnccc2Cl)nn1. The first-order valence-electron chi connectivity index (χ1n) is 4.44. The number of nitrogens with zero attached hydrogens (tertiary/aromatic N) is 4. The lowest BCUT2D eigenvalue weighted by Gasteiger charge is -2.04. The van der Waals surface area contributed by atoms with E-state index in [0.717, 1.165) is 11.4 Å². The molecular weight excluding hydrogens is 214 g/mol. The van der Waals surface area contributed by atoms with E-state index in [2.05, 4.69) is 20.6 Å². The van der Waals surface area contributed by atoms with Gasteiger partial charge in [0, 0.05) is 19.4 Å². The Kier molecular flexibility index (Phi) is 2.82. The maximum absolute atomic E-state index is 5.95. The number of halogens is 1. The second-order valence-corrected chi connectivity index (χ2v) is 3.50. The van der Waals surface area contributed by atoms with Crippen LogP contribution in [0.1, 0.15) is 5.69 Å². The second kappa shape index (κ2) is 4.27. The van der Waals surface area contributed by atoms with Crippen LogP contribution in [0.15, 0.2) is 24.7 Å². The minimum atomic E-state index is 0.583. The van der Waals surface area contributed by atoms with E-state index < -0.39 is 0 Å². The zero-order valence-electron chi connectivity index (χ0n) is 8.18. The van der Waals surface area contributed by atoms with Crippen LogP contribution in [-0.4, -0.2) is 20.0 Å². The molecule has 0 aliphatic rings. The van der Waals surface area contributed by atoms with E-state index in [4.69, 9.17) is 11.6 Å². The highest BCUT2D eigenvalue weighted by Crippen LogP contribution is 2.19. The summed E-state index contributed by atoms with van der Waals surface area (Å²) in [5.41, 5.74) is 1.65. The lowest BCUT2D eigenvalue weighted by Crippen LogP contribution is -2.00. The van der Waals surface area contributed by atoms with E-state index >= 15 is 0 Å². The molecule has 0 aliphatic heterocycles. The van der Waals surface area contributed by atoms with Gasteiger partial charge in [-0.05, 0) is 6.07 Å². The lowest BCUT2D eigenvalue weighted by atomic mass is 10.4. The van der Waals surface area contributed by atoms with Crippen molar-refractivity contribution in [3.05, 3.63) is 35.4 Å². The molecule has 1 N–H and O–H groups in total. The van der Waals surface area contributed by atoms with E-state index in [0.29, 0.717) is 11.6 Å². The molecular formula is C9H10ClN5. The number of hydrogen-bond donors (Lipinski definition) is 1. The summed E-state index contributed by atoms with van der Waals surface area (Å²) in [4.78, 5) is 3.97. The van der Waals surface area contributed by atoms with Gasteiger partial charge in [-0.2, -0.15) is 0 Å². The van der Waals surface area contributed by atoms with Crippen LogP contribution in [0.2, 0.25) is 5.02 Å². The van der Waals surface area contributed by atoms with Gasteiger partial charge in [0.2, 0.25) is 0 Å². The summed E-state index contributed by atoms with van der Waals surface area (Å²) >= 11 is 5.95. The first-order chi connectivity index (χ1) is 7.25. The van der Waals surface area contributed by atoms with Crippen molar-refractivity contribution < 1.29 is 0 Å². The van der Waals surface area contributed by atoms with Gasteiger partial charge in [0.25, 0.3) is 0 Å². The number of aromatic nitrogens is 4. The molecule has 2 aromatic heterocycles. The van der Waals surface area contributed by atoms with E-state index in [1.165, 1.54) is 0 Å². The normalized spacial score (nSPS) is 10.3. The maximum atomic E-state index is 5.95. The Morgan fingerprint density at radius 1 is 1.53 bits per heavy atom. The molecule has 6 heteroatoms. The van der Waals surface area contributed by atoms with Crippen LogP contribution in [0.5, 0.6) is 0 Å². The fourth-order valence-corrected chi connectivity index (χ4v) is 1.34. The van der Waals surface area contributed by atoms with Crippen molar-refractivity contribution in [2.75, 3.05) is 5.32 Å². The zero-order valence-corrected chi connectivity index (χ0v) is 8.94. The summed E-state index contributed by atoms with van der Waals surface area (Å²) in [5, 5.41) is 11.6. The summed E-state index contributed by atoms with van der Waals surface area (Å²) in [6, 6.07) is 1.74. The fraction of sp³-hybridized carbons (Fsp3) is 0.222. The molecule has 78 valence electrons. The summed E-state index contributed by atoms with van der Waals surface area (Å²) < 4.78 is 1.65. The molecule has 0 fully saturated rings. The Bertz CT molecular complexity index is 453. The molecule has 0 radical (unpaired) electrons. The van der Waals surface area contributed by atoms with E-state index in [-0.39, 0.29) is 0 Å². The summed E-state index contributed by atoms with van der Waals surface area (Å²) in [6.45, 7) is 0.583. The average Bonchev–Trinajstić information content (AvgIpc) is 2.63. The van der Waals surface area contributed by atoms with Gasteiger partial charge in [-0.15, -0.1) is 5.10 Å². The third-order valence-corrected chi connectivity index (χ3v) is 2.21. The molecule has 0 bridgehead atoms. The predicted molar refractivity (Wildman–Crippen MR) is 57.6 cm³/mol. The highest BCUT2D eigenvalue weighted by atomic mass is 35.5. The molecule has 15 heavy (non-hydrogen) atoms. The van der Waals surface area contributed by atoms with Crippen molar-refractivity contribution >= 4 is 17.3 Å². The van der Waals surface area contributed by atoms with E-state index in [1.807, 2.05) is 13.2 Å². The van der Waals surface area contributed by atoms with Crippen molar-refractivity contribution in [3.63, 3.8) is 0 Å². The van der Waals surface area contributed by atoms with Gasteiger partial charge in [-0.25, -0.2) is 0 Å². The van der Waals surface area contributed by atoms with Crippen molar-refractivity contribution in [1.29, 1.82) is 0 Å². The molecule has 0 aromatic carbocycles. The van der Waals surface area contributed by atoms with Gasteiger partial charge >= 0.3 is 0 Å². The third-order valence-electron chi connectivity index (χ3n) is 1.88. The minimum absolute atomic E-state index is 0.583. The van der Waals surface area contributed by atoms with Crippen molar-refractivity contribution in [2.45, 2.75) is 6.54 Å². The van der Waals surface area contributed by atoms with Gasteiger partial charge in [0.05, 0.1) is 23.5 Å². The summed E-state index contributed by atoms with van der Waals surface area (Å²) in [7, 11) is 1.83. The molecule has 0 spiro atoms. The van der Waals surface area contributed by atoms with Crippen LogP contribution < -0.4 is 5.32 Å². The third kappa shape index (κ3) is 2.44. The summed E-state index contributed by atoms with van der Waals surface area (Å²) in [5.74, 6) is 0. The Balaban J connectivity index is 2.02. The average molecular weight is 224 g/mol. The van der Waals surface area contributed by atoms with Crippen molar-refractivity contribution in [3.8, 4) is 0 Å². The Morgan fingerprint density at radius 3 is 3.07 bits per heavy atom. The molecule has 0 saturated carbocycles. The largest absolute Gasteiger partial charge is 0.377 e. The molecule has 5 nitrogen and oxygen atoms in total. The van der Waals surface area contributed by atoms with Gasteiger partial charge in [-0.1, -0.05) is 16.8 Å². The Hall–Kier alpha value is -1.62. The highest BCUT2D eigenvalue weighted by molar-refractivity contribution is 6.33. The van der Waals surface area contributed by atoms with Crippen molar-refractivity contribution in [2.24, 2.45) is 7.05 Å². The Labute approximate surface area is 92.1 Å². The van der Waals surface area contributed by atoms with Crippen LogP contribution in [0, 0.1) is 0 Å². The molecule has 2 aromatic rings. The number of rotatable bonds is 3. The van der Waals surface area contributed by atoms with Gasteiger partial charge in [0.15, 0.2) is 0 Å². The predicted octanol–water partition coefficient (Wildman–Crippen LogP) is 1.48. The molecule has 0 saturated heterocycles. The van der Waals surface area contributed by atoms with Crippen molar-refractivity contribution in [1.82, 2.24) is 20.0 Å². The number of hydrogen-bond acceptors (Lipinski definition) is 4. The highest BCUT2D eigenvalue weighted by Gasteiger charge is 2.01. The first kappa shape index (κ1) is 9.92. The fourth-order valence-electron chi connectivity index (χ4n) is 1.17. The molecule has 2 heterocycles. The molecule has 0 atom stereocenters. The lowest BCUT2D eigenvalue weighted by molar-refractivity contribution is 0.713. The van der Waals surface area contributed by atoms with Crippen LogP contribution in [-0.2, 0) is 13.6 Å². The topological polar surface area (TPSA) is 55.6 Å². The smallest absolute Gasteiger partial charge is 0.102 e. The standard InChI is InChI=1S/C9H10ClN5/c1-15-6-7(13-14-15)4-12-9-5-11-3-2-8(9)10/h2-3,5-6,12H,4H2,1H3. The summed E-state index contributed by atoms with van der Waals surface area (Å²) in [6.07, 6.45) is 5.17. The Morgan fingerprint density at radius 2 is 2.40 bits per heavy atom. The van der Waals surface area contributed by atoms with Gasteiger partial charge in [-0.3, -0.25) is 9.67 Å². The quantitative estimate of drug-likeness (QED) is 0.856. The first-order valence-corrected chi connectivity index (χ1v) is 4.82. The van der Waals surface area contributed by atoms with E-state index in [9.17, 15) is 0 Å². The number of anilines is 1. The maximum Gasteiger partial charge on any atom is 0.102 e. The number of aryl methyl sites for hydroxylation is 1. The molecule has 0 aliphatic carbocycles. The van der Waals surface area contributed by atoms with E-state index in [1.54, 1.807) is 23.1 Å². The van der Waals surface area contributed by atoms with Crippen LogP contribution >= 0.6 is 11.6 Å². The number of nitrogens with one attached hydrogen (secondary N) is 1. The van der Waals surface area contributed by atoms with Crippen LogP contribution in [0.3, 0.4) is 0 Å². The molecule has 0 amide bonds. The zero-order chi connectivity index (χ0) is 10.7. The monoisotopic (exact) mass is 223 g/mol.